The third-order valence-electron chi connectivity index (χ3n) is 8.90. The van der Waals surface area contributed by atoms with Gasteiger partial charge < -0.3 is 5.11 Å². The van der Waals surface area contributed by atoms with Crippen molar-refractivity contribution in [1.29, 1.82) is 0 Å². The Morgan fingerprint density at radius 2 is 0.651 bits per heavy atom. The summed E-state index contributed by atoms with van der Waals surface area (Å²) in [7, 11) is 0. The summed E-state index contributed by atoms with van der Waals surface area (Å²) < 4.78 is 0. The van der Waals surface area contributed by atoms with Crippen LogP contribution in [0, 0.1) is 5.92 Å². The highest BCUT2D eigenvalue weighted by Gasteiger charge is 2.08. The number of hydrogen-bond acceptors (Lipinski definition) is 1. The van der Waals surface area contributed by atoms with Crippen LogP contribution < -0.4 is 0 Å². The number of unbranched alkanes of at least 4 members (excludes halogenated alkanes) is 20. The van der Waals surface area contributed by atoms with Gasteiger partial charge in [-0.25, -0.2) is 0 Å². The number of allylic oxidation sites excluding steroid dienone is 8. The van der Waals surface area contributed by atoms with Crippen molar-refractivity contribution in [1.82, 2.24) is 0 Å². The second-order valence-corrected chi connectivity index (χ2v) is 13.2. The number of aliphatic hydroxyl groups excluding tert-OH is 1. The minimum atomic E-state index is 0.364. The van der Waals surface area contributed by atoms with Gasteiger partial charge in [-0.3, -0.25) is 0 Å². The maximum absolute atomic E-state index is 9.14. The summed E-state index contributed by atoms with van der Waals surface area (Å²) in [4.78, 5) is 0. The largest absolute Gasteiger partial charge is 0.396 e. The summed E-state index contributed by atoms with van der Waals surface area (Å²) in [6.07, 6.45) is 58.9. The minimum absolute atomic E-state index is 0.364. The van der Waals surface area contributed by atoms with Crippen LogP contribution in [-0.2, 0) is 0 Å². The van der Waals surface area contributed by atoms with E-state index in [1.54, 1.807) is 0 Å². The molecule has 0 saturated heterocycles. The fourth-order valence-corrected chi connectivity index (χ4v) is 6.00. The zero-order chi connectivity index (χ0) is 31.2. The molecule has 0 fully saturated rings. The second-order valence-electron chi connectivity index (χ2n) is 13.2. The Balaban J connectivity index is 3.76. The molecule has 0 amide bonds. The van der Waals surface area contributed by atoms with Crippen LogP contribution in [0.15, 0.2) is 48.6 Å². The summed E-state index contributed by atoms with van der Waals surface area (Å²) >= 11 is 0. The average molecular weight is 599 g/mol. The molecule has 0 aromatic heterocycles. The summed E-state index contributed by atoms with van der Waals surface area (Å²) in [5.41, 5.74) is 0. The third-order valence-corrected chi connectivity index (χ3v) is 8.90. The lowest BCUT2D eigenvalue weighted by Crippen LogP contribution is -2.02. The van der Waals surface area contributed by atoms with Crippen LogP contribution in [0.4, 0.5) is 0 Å². The van der Waals surface area contributed by atoms with E-state index >= 15 is 0 Å². The van der Waals surface area contributed by atoms with Gasteiger partial charge in [-0.2, -0.15) is 0 Å². The maximum atomic E-state index is 9.14. The van der Waals surface area contributed by atoms with Crippen molar-refractivity contribution in [3.8, 4) is 0 Å². The molecule has 0 bridgehead atoms. The molecule has 0 saturated carbocycles. The predicted octanol–water partition coefficient (Wildman–Crippen LogP) is 14.6. The second kappa shape index (κ2) is 38.9. The SMILES string of the molecule is CCCCC/C=C\C/C=C\CCCCCCCCC(CCCCCO)CCCCCCCC/C=C\C/C=C\CCCCC. The van der Waals surface area contributed by atoms with Gasteiger partial charge in [0.1, 0.15) is 0 Å². The number of aliphatic hydroxyl groups is 1. The van der Waals surface area contributed by atoms with Gasteiger partial charge in [0.05, 0.1) is 0 Å². The van der Waals surface area contributed by atoms with Crippen molar-refractivity contribution in [2.24, 2.45) is 5.92 Å². The van der Waals surface area contributed by atoms with Crippen molar-refractivity contribution in [2.75, 3.05) is 6.61 Å². The van der Waals surface area contributed by atoms with E-state index in [2.05, 4.69) is 62.5 Å². The smallest absolute Gasteiger partial charge is 0.0431 e. The molecule has 0 heterocycles. The van der Waals surface area contributed by atoms with Gasteiger partial charge in [0, 0.05) is 6.61 Å². The van der Waals surface area contributed by atoms with Crippen molar-refractivity contribution >= 4 is 0 Å². The number of hydrogen-bond donors (Lipinski definition) is 1. The van der Waals surface area contributed by atoms with Gasteiger partial charge in [0.25, 0.3) is 0 Å². The first-order chi connectivity index (χ1) is 21.3. The van der Waals surface area contributed by atoms with Crippen LogP contribution in [0.25, 0.3) is 0 Å². The zero-order valence-electron chi connectivity index (χ0n) is 29.6. The van der Waals surface area contributed by atoms with Crippen LogP contribution in [0.1, 0.15) is 206 Å². The van der Waals surface area contributed by atoms with Gasteiger partial charge in [0.2, 0.25) is 0 Å². The Kier molecular flexibility index (Phi) is 38.0. The van der Waals surface area contributed by atoms with E-state index in [0.29, 0.717) is 6.61 Å². The van der Waals surface area contributed by atoms with Crippen LogP contribution in [0.2, 0.25) is 0 Å². The van der Waals surface area contributed by atoms with E-state index in [-0.39, 0.29) is 0 Å². The highest BCUT2D eigenvalue weighted by Crippen LogP contribution is 2.24. The standard InChI is InChI=1S/C42H78O/c1-3-5-7-9-11-13-15-17-19-21-23-25-27-29-31-34-38-42(40-36-33-37-41-43)39-35-32-30-28-26-24-22-20-18-16-14-12-10-8-6-4-2/h11-14,17-20,42-43H,3-10,15-16,21-41H2,1-2H3/b13-11-,14-12-,19-17-,20-18-. The summed E-state index contributed by atoms with van der Waals surface area (Å²) in [6.45, 7) is 4.90. The first-order valence-electron chi connectivity index (χ1n) is 19.6. The first-order valence-corrected chi connectivity index (χ1v) is 19.6. The quantitative estimate of drug-likeness (QED) is 0.0568. The Bertz CT molecular complexity index is 564. The van der Waals surface area contributed by atoms with Crippen molar-refractivity contribution in [2.45, 2.75) is 206 Å². The van der Waals surface area contributed by atoms with Gasteiger partial charge in [0.15, 0.2) is 0 Å². The van der Waals surface area contributed by atoms with E-state index in [1.807, 2.05) is 0 Å². The van der Waals surface area contributed by atoms with E-state index in [0.717, 1.165) is 25.2 Å². The molecule has 0 aliphatic heterocycles. The maximum Gasteiger partial charge on any atom is 0.0431 e. The van der Waals surface area contributed by atoms with Crippen molar-refractivity contribution in [3.05, 3.63) is 48.6 Å². The molecule has 0 aliphatic rings. The molecule has 0 radical (unpaired) electrons. The van der Waals surface area contributed by atoms with E-state index in [9.17, 15) is 0 Å². The first kappa shape index (κ1) is 41.9. The molecule has 0 atom stereocenters. The van der Waals surface area contributed by atoms with Crippen molar-refractivity contribution < 1.29 is 5.11 Å². The molecular formula is C42H78O. The van der Waals surface area contributed by atoms with Gasteiger partial charge in [-0.05, 0) is 76.5 Å². The Hall–Kier alpha value is -1.08. The number of rotatable bonds is 35. The molecule has 0 aliphatic carbocycles. The molecule has 0 spiro atoms. The lowest BCUT2D eigenvalue weighted by Gasteiger charge is -2.17. The molecule has 252 valence electrons. The molecule has 0 rings (SSSR count). The van der Waals surface area contributed by atoms with Crippen LogP contribution in [0.3, 0.4) is 0 Å². The van der Waals surface area contributed by atoms with Gasteiger partial charge in [-0.1, -0.05) is 184 Å². The normalized spacial score (nSPS) is 12.5. The average Bonchev–Trinajstić information content (AvgIpc) is 3.02. The van der Waals surface area contributed by atoms with E-state index in [1.165, 1.54) is 173 Å². The predicted molar refractivity (Wildman–Crippen MR) is 197 cm³/mol. The van der Waals surface area contributed by atoms with Gasteiger partial charge >= 0.3 is 0 Å². The highest BCUT2D eigenvalue weighted by atomic mass is 16.2. The summed E-state index contributed by atoms with van der Waals surface area (Å²) in [6, 6.07) is 0. The van der Waals surface area contributed by atoms with Crippen LogP contribution in [-0.4, -0.2) is 11.7 Å². The zero-order valence-corrected chi connectivity index (χ0v) is 29.6. The minimum Gasteiger partial charge on any atom is -0.396 e. The molecule has 43 heavy (non-hydrogen) atoms. The lowest BCUT2D eigenvalue weighted by atomic mass is 9.89. The molecule has 0 aromatic rings. The van der Waals surface area contributed by atoms with E-state index < -0.39 is 0 Å². The van der Waals surface area contributed by atoms with Crippen LogP contribution >= 0.6 is 0 Å². The Labute approximate surface area is 272 Å². The molecular weight excluding hydrogens is 520 g/mol. The molecule has 0 aromatic carbocycles. The Morgan fingerprint density at radius 1 is 0.349 bits per heavy atom. The molecule has 1 N–H and O–H groups in total. The summed E-state index contributed by atoms with van der Waals surface area (Å²) in [5.74, 6) is 0.926. The molecule has 1 nitrogen and oxygen atoms in total. The lowest BCUT2D eigenvalue weighted by molar-refractivity contribution is 0.278. The third kappa shape index (κ3) is 37.0. The molecule has 0 unspecified atom stereocenters. The fourth-order valence-electron chi connectivity index (χ4n) is 6.00. The Morgan fingerprint density at radius 3 is 1.00 bits per heavy atom. The van der Waals surface area contributed by atoms with Gasteiger partial charge in [-0.15, -0.1) is 0 Å². The van der Waals surface area contributed by atoms with E-state index in [4.69, 9.17) is 5.11 Å². The molecule has 1 heteroatoms. The van der Waals surface area contributed by atoms with Crippen LogP contribution in [0.5, 0.6) is 0 Å². The fraction of sp³-hybridized carbons (Fsp3) is 0.810. The topological polar surface area (TPSA) is 20.2 Å². The monoisotopic (exact) mass is 599 g/mol. The van der Waals surface area contributed by atoms with Crippen molar-refractivity contribution in [3.63, 3.8) is 0 Å². The highest BCUT2D eigenvalue weighted by molar-refractivity contribution is 4.93. The summed E-state index contributed by atoms with van der Waals surface area (Å²) in [5, 5.41) is 9.14.